The maximum absolute atomic E-state index is 15.2. The summed E-state index contributed by atoms with van der Waals surface area (Å²) < 4.78 is 68.6. The maximum Gasteiger partial charge on any atom is 0.319 e. The molecule has 1 heterocycles. The van der Waals surface area contributed by atoms with E-state index < -0.39 is 45.3 Å². The molecule has 0 aliphatic carbocycles. The standard InChI is InChI=1S/C25H21ClF3N3O4S/c1-37(35,36)21-7-3-2-5-15(21)16-9-11-20(23(29)22(16)28)32-12-4-6-19(24(32)33)31-25(34)30-18-10-8-14(26)13-17(18)27/h2-3,5,7-11,13,19H,4,6,12H2,1H3,(H2,30,31,34). The van der Waals surface area contributed by atoms with Crippen molar-refractivity contribution >= 4 is 44.8 Å². The number of hydrogen-bond donors (Lipinski definition) is 2. The number of amides is 3. The normalized spacial score (nSPS) is 16.0. The van der Waals surface area contributed by atoms with Gasteiger partial charge in [-0.05, 0) is 49.2 Å². The maximum atomic E-state index is 15.2. The largest absolute Gasteiger partial charge is 0.326 e. The molecule has 0 aromatic heterocycles. The van der Waals surface area contributed by atoms with Gasteiger partial charge in [-0.3, -0.25) is 4.79 Å². The Bertz CT molecular complexity index is 1500. The molecular formula is C25H21ClF3N3O4S. The molecule has 1 aliphatic rings. The van der Waals surface area contributed by atoms with E-state index in [9.17, 15) is 22.4 Å². The van der Waals surface area contributed by atoms with E-state index in [-0.39, 0.29) is 45.4 Å². The molecule has 7 nitrogen and oxygen atoms in total. The molecule has 1 saturated heterocycles. The van der Waals surface area contributed by atoms with Gasteiger partial charge in [0.15, 0.2) is 21.5 Å². The topological polar surface area (TPSA) is 95.6 Å². The summed E-state index contributed by atoms with van der Waals surface area (Å²) in [5.41, 5.74) is -0.784. The predicted octanol–water partition coefficient (Wildman–Crippen LogP) is 5.14. The van der Waals surface area contributed by atoms with Crippen molar-refractivity contribution in [3.63, 3.8) is 0 Å². The van der Waals surface area contributed by atoms with Crippen molar-refractivity contribution in [3.05, 3.63) is 77.1 Å². The second-order valence-electron chi connectivity index (χ2n) is 8.44. The molecule has 37 heavy (non-hydrogen) atoms. The van der Waals surface area contributed by atoms with Crippen LogP contribution in [0.5, 0.6) is 0 Å². The van der Waals surface area contributed by atoms with Crippen LogP contribution < -0.4 is 15.5 Å². The summed E-state index contributed by atoms with van der Waals surface area (Å²) in [6.45, 7) is 0.0695. The van der Waals surface area contributed by atoms with E-state index >= 15 is 8.78 Å². The summed E-state index contributed by atoms with van der Waals surface area (Å²) in [6.07, 6.45) is 1.56. The first kappa shape index (κ1) is 26.5. The minimum absolute atomic E-state index is 0.0106. The molecule has 0 saturated carbocycles. The second kappa shape index (κ2) is 10.4. The number of nitrogens with zero attached hydrogens (tertiary/aromatic N) is 1. The van der Waals surface area contributed by atoms with E-state index in [2.05, 4.69) is 10.6 Å². The van der Waals surface area contributed by atoms with E-state index in [0.29, 0.717) is 6.42 Å². The zero-order chi connectivity index (χ0) is 26.9. The van der Waals surface area contributed by atoms with Crippen LogP contribution in [0, 0.1) is 17.5 Å². The molecule has 4 rings (SSSR count). The molecular weight excluding hydrogens is 531 g/mol. The molecule has 3 aromatic rings. The molecule has 12 heteroatoms. The van der Waals surface area contributed by atoms with Crippen LogP contribution in [0.1, 0.15) is 12.8 Å². The molecule has 3 amide bonds. The smallest absolute Gasteiger partial charge is 0.319 e. The Balaban J connectivity index is 1.57. The van der Waals surface area contributed by atoms with Crippen LogP contribution in [0.3, 0.4) is 0 Å². The van der Waals surface area contributed by atoms with Crippen molar-refractivity contribution in [1.82, 2.24) is 5.32 Å². The monoisotopic (exact) mass is 551 g/mol. The third-order valence-electron chi connectivity index (χ3n) is 5.85. The number of benzene rings is 3. The first-order chi connectivity index (χ1) is 17.5. The number of nitrogens with one attached hydrogen (secondary N) is 2. The van der Waals surface area contributed by atoms with E-state index in [1.54, 1.807) is 0 Å². The lowest BCUT2D eigenvalue weighted by Crippen LogP contribution is -2.53. The Labute approximate surface area is 216 Å². The average molecular weight is 552 g/mol. The van der Waals surface area contributed by atoms with Gasteiger partial charge in [0.1, 0.15) is 11.9 Å². The van der Waals surface area contributed by atoms with Gasteiger partial charge in [0.05, 0.1) is 16.3 Å². The molecule has 0 bridgehead atoms. The van der Waals surface area contributed by atoms with Gasteiger partial charge in [-0.2, -0.15) is 0 Å². The van der Waals surface area contributed by atoms with Crippen molar-refractivity contribution in [2.24, 2.45) is 0 Å². The SMILES string of the molecule is CS(=O)(=O)c1ccccc1-c1ccc(N2CCCC(NC(=O)Nc3ccc(Cl)cc3F)C2=O)c(F)c1F. The van der Waals surface area contributed by atoms with Crippen LogP contribution in [0.2, 0.25) is 5.02 Å². The molecule has 1 unspecified atom stereocenters. The number of halogens is 4. The van der Waals surface area contributed by atoms with Gasteiger partial charge in [-0.1, -0.05) is 29.8 Å². The van der Waals surface area contributed by atoms with Gasteiger partial charge in [0.25, 0.3) is 0 Å². The van der Waals surface area contributed by atoms with Gasteiger partial charge in [-0.15, -0.1) is 0 Å². The van der Waals surface area contributed by atoms with E-state index in [0.717, 1.165) is 17.2 Å². The molecule has 194 valence electrons. The van der Waals surface area contributed by atoms with Gasteiger partial charge < -0.3 is 15.5 Å². The van der Waals surface area contributed by atoms with Gasteiger partial charge >= 0.3 is 6.03 Å². The third-order valence-corrected chi connectivity index (χ3v) is 7.24. The van der Waals surface area contributed by atoms with Crippen molar-refractivity contribution in [2.75, 3.05) is 23.0 Å². The van der Waals surface area contributed by atoms with Gasteiger partial charge in [-0.25, -0.2) is 26.4 Å². The quantitative estimate of drug-likeness (QED) is 0.459. The molecule has 2 N–H and O–H groups in total. The highest BCUT2D eigenvalue weighted by atomic mass is 35.5. The summed E-state index contributed by atoms with van der Waals surface area (Å²) in [7, 11) is -3.73. The van der Waals surface area contributed by atoms with Crippen molar-refractivity contribution < 1.29 is 31.2 Å². The Morgan fingerprint density at radius 1 is 1.03 bits per heavy atom. The predicted molar refractivity (Wildman–Crippen MR) is 134 cm³/mol. The van der Waals surface area contributed by atoms with Crippen LogP contribution in [0.25, 0.3) is 11.1 Å². The summed E-state index contributed by atoms with van der Waals surface area (Å²) in [6, 6.07) is 9.74. The van der Waals surface area contributed by atoms with Crippen LogP contribution in [-0.4, -0.2) is 39.2 Å². The number of anilines is 2. The Hall–Kier alpha value is -3.57. The van der Waals surface area contributed by atoms with Crippen molar-refractivity contribution in [2.45, 2.75) is 23.8 Å². The lowest BCUT2D eigenvalue weighted by Gasteiger charge is -2.33. The second-order valence-corrected chi connectivity index (χ2v) is 10.9. The highest BCUT2D eigenvalue weighted by Crippen LogP contribution is 2.35. The Kier molecular flexibility index (Phi) is 7.47. The summed E-state index contributed by atoms with van der Waals surface area (Å²) in [4.78, 5) is 26.3. The van der Waals surface area contributed by atoms with Crippen LogP contribution in [0.4, 0.5) is 29.3 Å². The number of urea groups is 1. The molecule has 1 aliphatic heterocycles. The summed E-state index contributed by atoms with van der Waals surface area (Å²) >= 11 is 5.70. The van der Waals surface area contributed by atoms with Crippen LogP contribution in [0.15, 0.2) is 59.5 Å². The molecule has 1 fully saturated rings. The zero-order valence-corrected chi connectivity index (χ0v) is 21.0. The van der Waals surface area contributed by atoms with Gasteiger partial charge in [0, 0.05) is 29.0 Å². The van der Waals surface area contributed by atoms with E-state index in [4.69, 9.17) is 11.6 Å². The number of hydrogen-bond acceptors (Lipinski definition) is 4. The molecule has 0 radical (unpaired) electrons. The average Bonchev–Trinajstić information content (AvgIpc) is 2.84. The fraction of sp³-hybridized carbons (Fsp3) is 0.200. The van der Waals surface area contributed by atoms with Crippen LogP contribution >= 0.6 is 11.6 Å². The number of piperidine rings is 1. The first-order valence-corrected chi connectivity index (χ1v) is 13.4. The van der Waals surface area contributed by atoms with Crippen LogP contribution in [-0.2, 0) is 14.6 Å². The fourth-order valence-corrected chi connectivity index (χ4v) is 5.19. The molecule has 0 spiro atoms. The molecule has 1 atom stereocenters. The Morgan fingerprint density at radius 2 is 1.76 bits per heavy atom. The Morgan fingerprint density at radius 3 is 2.46 bits per heavy atom. The third kappa shape index (κ3) is 5.57. The summed E-state index contributed by atoms with van der Waals surface area (Å²) in [5.74, 6) is -4.09. The minimum Gasteiger partial charge on any atom is -0.326 e. The number of carbonyl (C=O) groups is 2. The zero-order valence-electron chi connectivity index (χ0n) is 19.4. The minimum atomic E-state index is -3.73. The highest BCUT2D eigenvalue weighted by Gasteiger charge is 2.33. The van der Waals surface area contributed by atoms with E-state index in [1.807, 2.05) is 0 Å². The molecule has 3 aromatic carbocycles. The number of rotatable bonds is 5. The van der Waals surface area contributed by atoms with Crippen molar-refractivity contribution in [1.29, 1.82) is 0 Å². The summed E-state index contributed by atoms with van der Waals surface area (Å²) in [5, 5.41) is 4.86. The van der Waals surface area contributed by atoms with Gasteiger partial charge in [0.2, 0.25) is 5.91 Å². The highest BCUT2D eigenvalue weighted by molar-refractivity contribution is 7.90. The van der Waals surface area contributed by atoms with Crippen molar-refractivity contribution in [3.8, 4) is 11.1 Å². The lowest BCUT2D eigenvalue weighted by atomic mass is 10.0. The number of carbonyl (C=O) groups excluding carboxylic acids is 2. The number of sulfone groups is 1. The fourth-order valence-electron chi connectivity index (χ4n) is 4.12. The first-order valence-electron chi connectivity index (χ1n) is 11.1. The lowest BCUT2D eigenvalue weighted by molar-refractivity contribution is -0.121. The van der Waals surface area contributed by atoms with E-state index in [1.165, 1.54) is 48.5 Å².